The molecule has 1 aliphatic carbocycles. The van der Waals surface area contributed by atoms with Crippen LogP contribution in [0.2, 0.25) is 5.02 Å². The summed E-state index contributed by atoms with van der Waals surface area (Å²) in [4.78, 5) is 18.3. The smallest absolute Gasteiger partial charge is 0.244 e. The maximum Gasteiger partial charge on any atom is 0.244 e. The van der Waals surface area contributed by atoms with E-state index in [0.29, 0.717) is 0 Å². The summed E-state index contributed by atoms with van der Waals surface area (Å²) in [5.41, 5.74) is 2.08. The van der Waals surface area contributed by atoms with Crippen molar-refractivity contribution in [3.8, 4) is 0 Å². The highest BCUT2D eigenvalue weighted by atomic mass is 35.5. The van der Waals surface area contributed by atoms with Gasteiger partial charge in [-0.2, -0.15) is 0 Å². The molecule has 0 bridgehead atoms. The molecule has 2 aliphatic rings. The zero-order valence-electron chi connectivity index (χ0n) is 14.5. The number of hydrogen-bond acceptors (Lipinski definition) is 3. The Morgan fingerprint density at radius 3 is 2.77 bits per heavy atom. The van der Waals surface area contributed by atoms with E-state index >= 15 is 0 Å². The molecule has 1 saturated carbocycles. The lowest BCUT2D eigenvalue weighted by molar-refractivity contribution is -0.116. The summed E-state index contributed by atoms with van der Waals surface area (Å²) in [6, 6.07) is 11.8. The van der Waals surface area contributed by atoms with Gasteiger partial charge in [0.05, 0.1) is 10.7 Å². The summed E-state index contributed by atoms with van der Waals surface area (Å²) in [6.07, 6.45) is 7.87. The first-order valence-corrected chi connectivity index (χ1v) is 9.45. The molecule has 4 nitrogen and oxygen atoms in total. The third-order valence-electron chi connectivity index (χ3n) is 5.45. The Morgan fingerprint density at radius 2 is 2.04 bits per heavy atom. The molecule has 1 aromatic heterocycles. The SMILES string of the molecule is O=C(/C=C/c1cccnc1)NCC[C@H]1[C@H]2CN(c3ccccc3Cl)C[C@@H]12. The van der Waals surface area contributed by atoms with Crippen molar-refractivity contribution in [2.24, 2.45) is 17.8 Å². The number of aromatic nitrogens is 1. The van der Waals surface area contributed by atoms with Gasteiger partial charge >= 0.3 is 0 Å². The van der Waals surface area contributed by atoms with Crippen LogP contribution in [0, 0.1) is 17.8 Å². The predicted octanol–water partition coefficient (Wildman–Crippen LogP) is 3.64. The van der Waals surface area contributed by atoms with E-state index in [1.165, 1.54) is 0 Å². The first-order valence-electron chi connectivity index (χ1n) is 9.08. The number of pyridine rings is 1. The summed E-state index contributed by atoms with van der Waals surface area (Å²) < 4.78 is 0. The first-order chi connectivity index (χ1) is 12.7. The standard InChI is InChI=1S/C21H22ClN3O/c22-19-5-1-2-6-20(19)25-13-17-16(18(17)14-25)9-11-24-21(26)8-7-15-4-3-10-23-12-15/h1-8,10,12,16-18H,9,11,13-14H2,(H,24,26)/b8-7+/t16-,17+,18-. The van der Waals surface area contributed by atoms with Gasteiger partial charge in [-0.25, -0.2) is 0 Å². The third-order valence-corrected chi connectivity index (χ3v) is 5.77. The molecule has 2 fully saturated rings. The first kappa shape index (κ1) is 17.1. The molecule has 0 unspecified atom stereocenters. The quantitative estimate of drug-likeness (QED) is 0.793. The third kappa shape index (κ3) is 3.75. The minimum atomic E-state index is -0.0441. The molecule has 1 amide bonds. The molecular formula is C21H22ClN3O. The number of anilines is 1. The van der Waals surface area contributed by atoms with Crippen molar-refractivity contribution in [3.63, 3.8) is 0 Å². The van der Waals surface area contributed by atoms with E-state index in [-0.39, 0.29) is 5.91 Å². The van der Waals surface area contributed by atoms with E-state index < -0.39 is 0 Å². The molecule has 26 heavy (non-hydrogen) atoms. The molecule has 0 radical (unpaired) electrons. The molecule has 3 atom stereocenters. The molecule has 0 spiro atoms. The van der Waals surface area contributed by atoms with Crippen molar-refractivity contribution in [1.29, 1.82) is 0 Å². The molecule has 1 saturated heterocycles. The molecule has 5 heteroatoms. The number of nitrogens with one attached hydrogen (secondary N) is 1. The number of halogens is 1. The summed E-state index contributed by atoms with van der Waals surface area (Å²) in [7, 11) is 0. The van der Waals surface area contributed by atoms with E-state index in [1.807, 2.05) is 30.3 Å². The van der Waals surface area contributed by atoms with Gasteiger partial charge in [0.1, 0.15) is 0 Å². The maximum absolute atomic E-state index is 11.9. The van der Waals surface area contributed by atoms with Gasteiger partial charge in [0.25, 0.3) is 0 Å². The number of carbonyl (C=O) groups excluding carboxylic acids is 1. The lowest BCUT2D eigenvalue weighted by atomic mass is 10.2. The van der Waals surface area contributed by atoms with E-state index in [4.69, 9.17) is 11.6 Å². The molecule has 1 aromatic carbocycles. The second kappa shape index (κ2) is 7.50. The van der Waals surface area contributed by atoms with E-state index in [9.17, 15) is 4.79 Å². The number of rotatable bonds is 6. The fourth-order valence-electron chi connectivity index (χ4n) is 4.05. The molecule has 1 N–H and O–H groups in total. The number of amides is 1. The number of para-hydroxylation sites is 1. The van der Waals surface area contributed by atoms with Crippen molar-refractivity contribution >= 4 is 29.3 Å². The average Bonchev–Trinajstić information content (AvgIpc) is 3.11. The van der Waals surface area contributed by atoms with E-state index in [0.717, 1.165) is 60.1 Å². The number of nitrogens with zero attached hydrogens (tertiary/aromatic N) is 2. The Labute approximate surface area is 158 Å². The van der Waals surface area contributed by atoms with Crippen LogP contribution < -0.4 is 10.2 Å². The zero-order chi connectivity index (χ0) is 17.9. The van der Waals surface area contributed by atoms with Crippen LogP contribution in [0.1, 0.15) is 12.0 Å². The molecule has 2 heterocycles. The summed E-state index contributed by atoms with van der Waals surface area (Å²) in [6.45, 7) is 2.89. The highest BCUT2D eigenvalue weighted by Crippen LogP contribution is 2.54. The number of carbonyl (C=O) groups is 1. The van der Waals surface area contributed by atoms with Gasteiger partial charge in [0.2, 0.25) is 5.91 Å². The molecule has 2 aromatic rings. The van der Waals surface area contributed by atoms with Crippen molar-refractivity contribution in [1.82, 2.24) is 10.3 Å². The van der Waals surface area contributed by atoms with Crippen molar-refractivity contribution in [2.75, 3.05) is 24.5 Å². The van der Waals surface area contributed by atoms with Gasteiger partial charge in [-0.05, 0) is 54.0 Å². The second-order valence-electron chi connectivity index (χ2n) is 7.05. The number of benzene rings is 1. The largest absolute Gasteiger partial charge is 0.370 e. The van der Waals surface area contributed by atoms with Crippen LogP contribution in [0.5, 0.6) is 0 Å². The van der Waals surface area contributed by atoms with E-state index in [2.05, 4.69) is 21.3 Å². The molecule has 1 aliphatic heterocycles. The Kier molecular flexibility index (Phi) is 4.93. The van der Waals surface area contributed by atoms with Gasteiger partial charge in [-0.1, -0.05) is 29.8 Å². The van der Waals surface area contributed by atoms with Gasteiger partial charge in [0.15, 0.2) is 0 Å². The highest BCUT2D eigenvalue weighted by molar-refractivity contribution is 6.33. The predicted molar refractivity (Wildman–Crippen MR) is 105 cm³/mol. The van der Waals surface area contributed by atoms with Gasteiger partial charge in [-0.15, -0.1) is 0 Å². The molecule has 4 rings (SSSR count). The second-order valence-corrected chi connectivity index (χ2v) is 7.45. The topological polar surface area (TPSA) is 45.2 Å². The minimum Gasteiger partial charge on any atom is -0.370 e. The Balaban J connectivity index is 1.19. The average molecular weight is 368 g/mol. The lowest BCUT2D eigenvalue weighted by Gasteiger charge is -2.23. The van der Waals surface area contributed by atoms with Crippen molar-refractivity contribution in [2.45, 2.75) is 6.42 Å². The van der Waals surface area contributed by atoms with Crippen LogP contribution in [-0.4, -0.2) is 30.5 Å². The molecule has 134 valence electrons. The summed E-state index contributed by atoms with van der Waals surface area (Å²) in [5.74, 6) is 2.18. The Morgan fingerprint density at radius 1 is 1.23 bits per heavy atom. The van der Waals surface area contributed by atoms with Crippen molar-refractivity contribution < 1.29 is 4.79 Å². The van der Waals surface area contributed by atoms with Crippen molar-refractivity contribution in [3.05, 3.63) is 65.5 Å². The summed E-state index contributed by atoms with van der Waals surface area (Å²) >= 11 is 6.30. The summed E-state index contributed by atoms with van der Waals surface area (Å²) in [5, 5.41) is 3.82. The van der Waals surface area contributed by atoms with Crippen LogP contribution in [0.3, 0.4) is 0 Å². The Bertz CT molecular complexity index is 796. The van der Waals surface area contributed by atoms with Gasteiger partial charge in [0, 0.05) is 38.1 Å². The van der Waals surface area contributed by atoms with Crippen LogP contribution in [0.25, 0.3) is 6.08 Å². The maximum atomic E-state index is 11.9. The molecular weight excluding hydrogens is 346 g/mol. The number of fused-ring (bicyclic) bond motifs is 1. The Hall–Kier alpha value is -2.33. The normalized spacial score (nSPS) is 23.9. The van der Waals surface area contributed by atoms with E-state index in [1.54, 1.807) is 24.5 Å². The monoisotopic (exact) mass is 367 g/mol. The zero-order valence-corrected chi connectivity index (χ0v) is 15.3. The van der Waals surface area contributed by atoms with Crippen LogP contribution in [-0.2, 0) is 4.79 Å². The number of hydrogen-bond donors (Lipinski definition) is 1. The number of piperidine rings is 1. The fraction of sp³-hybridized carbons (Fsp3) is 0.333. The lowest BCUT2D eigenvalue weighted by Crippen LogP contribution is -2.26. The van der Waals surface area contributed by atoms with Crippen LogP contribution in [0.15, 0.2) is 54.9 Å². The highest BCUT2D eigenvalue weighted by Gasteiger charge is 2.55. The van der Waals surface area contributed by atoms with Gasteiger partial charge in [-0.3, -0.25) is 9.78 Å². The fourth-order valence-corrected chi connectivity index (χ4v) is 4.31. The van der Waals surface area contributed by atoms with Crippen LogP contribution in [0.4, 0.5) is 5.69 Å². The van der Waals surface area contributed by atoms with Gasteiger partial charge < -0.3 is 10.2 Å². The van der Waals surface area contributed by atoms with Crippen LogP contribution >= 0.6 is 11.6 Å². The minimum absolute atomic E-state index is 0.0441.